The van der Waals surface area contributed by atoms with Crippen LogP contribution in [-0.2, 0) is 41.2 Å². The summed E-state index contributed by atoms with van der Waals surface area (Å²) in [5.41, 5.74) is 0.714. The quantitative estimate of drug-likeness (QED) is 0.0927. The van der Waals surface area contributed by atoms with Crippen LogP contribution in [0.3, 0.4) is 0 Å². The number of hydrogen-bond acceptors (Lipinski definition) is 11. The molecule has 5 rings (SSSR count). The summed E-state index contributed by atoms with van der Waals surface area (Å²) in [6.07, 6.45) is 0.0590. The van der Waals surface area contributed by atoms with Gasteiger partial charge in [-0.25, -0.2) is 8.86 Å². The van der Waals surface area contributed by atoms with Gasteiger partial charge in [0, 0.05) is 16.6 Å². The molecular formula is C30H27N5O12S3. The summed E-state index contributed by atoms with van der Waals surface area (Å²) in [4.78, 5) is 25.2. The molecule has 0 saturated heterocycles. The Morgan fingerprint density at radius 2 is 1.56 bits per heavy atom. The maximum Gasteiger partial charge on any atom is 0.397 e. The first-order chi connectivity index (χ1) is 23.3. The van der Waals surface area contributed by atoms with E-state index in [1.807, 2.05) is 0 Å². The molecule has 0 atom stereocenters. The second-order valence-electron chi connectivity index (χ2n) is 10.8. The molecule has 0 radical (unpaired) electrons. The Kier molecular flexibility index (Phi) is 9.90. The summed E-state index contributed by atoms with van der Waals surface area (Å²) in [5.74, 6) is -0.535. The van der Waals surface area contributed by atoms with Crippen LogP contribution >= 0.6 is 0 Å². The molecule has 17 nitrogen and oxygen atoms in total. The molecule has 0 aliphatic heterocycles. The Morgan fingerprint density at radius 1 is 0.860 bits per heavy atom. The molecular weight excluding hydrogens is 719 g/mol. The van der Waals surface area contributed by atoms with E-state index in [4.69, 9.17) is 4.55 Å². The fourth-order valence-corrected chi connectivity index (χ4v) is 6.87. The second-order valence-corrected chi connectivity index (χ2v) is 14.7. The first-order valence-electron chi connectivity index (χ1n) is 14.2. The van der Waals surface area contributed by atoms with Crippen molar-refractivity contribution >= 4 is 64.4 Å². The van der Waals surface area contributed by atoms with Gasteiger partial charge in [-0.3, -0.25) is 28.3 Å². The Hall–Kier alpha value is -5.09. The number of nitrogens with zero attached hydrogens (tertiary/aromatic N) is 3. The summed E-state index contributed by atoms with van der Waals surface area (Å²) in [6.45, 7) is 2.62. The number of fused-ring (bicyclic) bond motifs is 1. The van der Waals surface area contributed by atoms with Gasteiger partial charge >= 0.3 is 10.4 Å². The van der Waals surface area contributed by atoms with E-state index in [9.17, 15) is 43.9 Å². The average molecular weight is 746 g/mol. The molecule has 0 fully saturated rings. The largest absolute Gasteiger partial charge is 0.397 e. The van der Waals surface area contributed by atoms with Crippen molar-refractivity contribution in [2.75, 3.05) is 11.9 Å². The molecule has 5 N–H and O–H groups in total. The van der Waals surface area contributed by atoms with Crippen LogP contribution < -0.4 is 10.9 Å². The van der Waals surface area contributed by atoms with Gasteiger partial charge in [-0.1, -0.05) is 24.3 Å². The van der Waals surface area contributed by atoms with E-state index >= 15 is 0 Å². The Balaban J connectivity index is 1.38. The molecule has 1 heterocycles. The van der Waals surface area contributed by atoms with Gasteiger partial charge in [-0.15, -0.1) is 10.2 Å². The van der Waals surface area contributed by atoms with Crippen LogP contribution in [0.5, 0.6) is 0 Å². The zero-order chi connectivity index (χ0) is 36.6. The summed E-state index contributed by atoms with van der Waals surface area (Å²) in [6, 6.07) is 16.8. The molecule has 1 amide bonds. The maximum absolute atomic E-state index is 13.3. The SMILES string of the molecule is Cc1cc(NC(=O)c2ccc(-n3[nH]c(C)c(N=Nc4ccc5cc(CCOS(=O)(=O)O)ccc5c4S(=O)(=O)O)c3=O)cc2)ccc1S(=O)(=O)O. The number of aryl methyl sites for hydroxylation is 2. The molecule has 0 spiro atoms. The molecule has 0 aliphatic rings. The summed E-state index contributed by atoms with van der Waals surface area (Å²) in [5, 5.41) is 13.8. The van der Waals surface area contributed by atoms with E-state index in [1.54, 1.807) is 0 Å². The normalized spacial score (nSPS) is 12.5. The number of aromatic nitrogens is 2. The second kappa shape index (κ2) is 13.7. The highest BCUT2D eigenvalue weighted by molar-refractivity contribution is 7.86. The van der Waals surface area contributed by atoms with Crippen LogP contribution in [0.1, 0.15) is 27.2 Å². The van der Waals surface area contributed by atoms with Crippen LogP contribution in [0.2, 0.25) is 0 Å². The summed E-state index contributed by atoms with van der Waals surface area (Å²) >= 11 is 0. The van der Waals surface area contributed by atoms with Crippen molar-refractivity contribution in [2.24, 2.45) is 10.2 Å². The third-order valence-corrected chi connectivity index (χ3v) is 9.71. The highest BCUT2D eigenvalue weighted by Crippen LogP contribution is 2.34. The lowest BCUT2D eigenvalue weighted by Gasteiger charge is -2.09. The number of amides is 1. The molecule has 5 aromatic rings. The predicted molar refractivity (Wildman–Crippen MR) is 179 cm³/mol. The van der Waals surface area contributed by atoms with Crippen LogP contribution in [0.4, 0.5) is 17.1 Å². The third kappa shape index (κ3) is 8.19. The minimum absolute atomic E-state index is 0.0590. The predicted octanol–water partition coefficient (Wildman–Crippen LogP) is 4.46. The topological polar surface area (TPSA) is 264 Å². The van der Waals surface area contributed by atoms with E-state index in [1.165, 1.54) is 80.6 Å². The molecule has 20 heteroatoms. The van der Waals surface area contributed by atoms with Gasteiger partial charge < -0.3 is 5.32 Å². The molecule has 0 bridgehead atoms. The number of benzene rings is 4. The van der Waals surface area contributed by atoms with Crippen LogP contribution in [0.25, 0.3) is 16.5 Å². The number of rotatable bonds is 11. The van der Waals surface area contributed by atoms with Gasteiger partial charge in [0.15, 0.2) is 5.69 Å². The van der Waals surface area contributed by atoms with Crippen molar-refractivity contribution in [3.63, 3.8) is 0 Å². The van der Waals surface area contributed by atoms with Crippen molar-refractivity contribution in [2.45, 2.75) is 30.1 Å². The zero-order valence-electron chi connectivity index (χ0n) is 25.9. The minimum atomic E-state index is -4.86. The highest BCUT2D eigenvalue weighted by atomic mass is 32.3. The lowest BCUT2D eigenvalue weighted by molar-refractivity contribution is 0.102. The van der Waals surface area contributed by atoms with Crippen molar-refractivity contribution in [3.8, 4) is 5.69 Å². The Bertz CT molecular complexity index is 2580. The molecule has 0 unspecified atom stereocenters. The van der Waals surface area contributed by atoms with Crippen LogP contribution in [-0.4, -0.2) is 61.2 Å². The number of nitrogens with one attached hydrogen (secondary N) is 2. The van der Waals surface area contributed by atoms with E-state index in [-0.39, 0.29) is 57.2 Å². The standard InChI is InChI=1S/C30H27N5O12S3/c1-17-15-22(7-12-26(17)48(38,39)40)31-29(36)20-4-8-23(9-5-20)35-30(37)27(18(2)34-35)33-32-25-11-6-21-16-19(13-14-47-50(44,45)46)3-10-24(21)28(25)49(41,42)43/h3-12,15-16,34H,13-14H2,1-2H3,(H,31,36)(H,38,39,40)(H,41,42,43)(H,44,45,46). The number of carbonyl (C=O) groups is 1. The van der Waals surface area contributed by atoms with Gasteiger partial charge in [-0.2, -0.15) is 25.3 Å². The number of azo groups is 1. The first kappa shape index (κ1) is 36.2. The average Bonchev–Trinajstić information content (AvgIpc) is 3.30. The molecule has 50 heavy (non-hydrogen) atoms. The first-order valence-corrected chi connectivity index (χ1v) is 18.4. The van der Waals surface area contributed by atoms with Gasteiger partial charge in [0.05, 0.1) is 22.9 Å². The Labute approximate surface area is 284 Å². The van der Waals surface area contributed by atoms with Gasteiger partial charge in [0.1, 0.15) is 10.6 Å². The fraction of sp³-hybridized carbons (Fsp3) is 0.133. The third-order valence-electron chi connectivity index (χ3n) is 7.29. The number of aromatic amines is 1. The molecule has 262 valence electrons. The fourth-order valence-electron chi connectivity index (χ4n) is 5.03. The minimum Gasteiger partial charge on any atom is -0.322 e. The van der Waals surface area contributed by atoms with Crippen molar-refractivity contribution in [1.82, 2.24) is 9.78 Å². The molecule has 1 aromatic heterocycles. The van der Waals surface area contributed by atoms with Gasteiger partial charge in [-0.05, 0) is 85.3 Å². The smallest absolute Gasteiger partial charge is 0.322 e. The van der Waals surface area contributed by atoms with E-state index in [0.717, 1.165) is 10.7 Å². The van der Waals surface area contributed by atoms with Crippen LogP contribution in [0.15, 0.2) is 97.6 Å². The maximum atomic E-state index is 13.3. The summed E-state index contributed by atoms with van der Waals surface area (Å²) < 4.78 is 103. The lowest BCUT2D eigenvalue weighted by Crippen LogP contribution is -2.15. The van der Waals surface area contributed by atoms with E-state index in [0.29, 0.717) is 16.6 Å². The van der Waals surface area contributed by atoms with Crippen molar-refractivity contribution in [1.29, 1.82) is 0 Å². The summed E-state index contributed by atoms with van der Waals surface area (Å²) in [7, 11) is -13.9. The molecule has 4 aromatic carbocycles. The number of H-pyrrole nitrogens is 1. The highest BCUT2D eigenvalue weighted by Gasteiger charge is 2.21. The van der Waals surface area contributed by atoms with Crippen LogP contribution in [0, 0.1) is 13.8 Å². The lowest BCUT2D eigenvalue weighted by atomic mass is 10.0. The van der Waals surface area contributed by atoms with E-state index in [2.05, 4.69) is 24.8 Å². The molecule has 0 saturated carbocycles. The van der Waals surface area contributed by atoms with E-state index < -0.39 is 47.0 Å². The Morgan fingerprint density at radius 3 is 2.18 bits per heavy atom. The van der Waals surface area contributed by atoms with Crippen molar-refractivity contribution in [3.05, 3.63) is 106 Å². The number of anilines is 1. The number of hydrogen-bond donors (Lipinski definition) is 5. The monoisotopic (exact) mass is 745 g/mol. The van der Waals surface area contributed by atoms with Gasteiger partial charge in [0.25, 0.3) is 31.7 Å². The zero-order valence-corrected chi connectivity index (χ0v) is 28.4. The van der Waals surface area contributed by atoms with Crippen molar-refractivity contribution < 1.29 is 47.9 Å². The number of carbonyl (C=O) groups excluding carboxylic acids is 1. The van der Waals surface area contributed by atoms with Gasteiger partial charge in [0.2, 0.25) is 0 Å². The molecule has 0 aliphatic carbocycles.